The number of hydrogen-bond donors (Lipinski definition) is 3. The molecule has 1 aliphatic heterocycles. The Labute approximate surface area is 190 Å². The summed E-state index contributed by atoms with van der Waals surface area (Å²) in [4.78, 5) is 18.0. The first-order valence-corrected chi connectivity index (χ1v) is 11.5. The highest BCUT2D eigenvalue weighted by Crippen LogP contribution is 2.27. The van der Waals surface area contributed by atoms with Crippen LogP contribution >= 0.6 is 0 Å². The molecule has 0 spiro atoms. The fourth-order valence-corrected chi connectivity index (χ4v) is 3.96. The van der Waals surface area contributed by atoms with E-state index in [0.29, 0.717) is 0 Å². The summed E-state index contributed by atoms with van der Waals surface area (Å²) in [5.74, 6) is 3.07. The number of aryl methyl sites for hydroxylation is 2. The number of aromatic nitrogens is 2. The lowest BCUT2D eigenvalue weighted by Gasteiger charge is -2.34. The summed E-state index contributed by atoms with van der Waals surface area (Å²) in [6.07, 6.45) is 4.60. The van der Waals surface area contributed by atoms with Gasteiger partial charge in [-0.1, -0.05) is 0 Å². The Hall–Kier alpha value is -2.65. The molecule has 1 fully saturated rings. The fraction of sp³-hybridized carbons (Fsp3) is 0.609. The van der Waals surface area contributed by atoms with Crippen LogP contribution in [-0.4, -0.2) is 78.3 Å². The van der Waals surface area contributed by atoms with Crippen molar-refractivity contribution in [1.82, 2.24) is 25.5 Å². The first-order chi connectivity index (χ1) is 15.4. The van der Waals surface area contributed by atoms with Crippen LogP contribution in [0.15, 0.2) is 33.9 Å². The summed E-state index contributed by atoms with van der Waals surface area (Å²) in [6, 6.07) is 3.73. The number of guanidine groups is 1. The van der Waals surface area contributed by atoms with E-state index in [1.54, 1.807) is 19.3 Å². The quantitative estimate of drug-likeness (QED) is 0.306. The zero-order chi connectivity index (χ0) is 23.0. The van der Waals surface area contributed by atoms with Gasteiger partial charge < -0.3 is 25.1 Å². The Morgan fingerprint density at radius 2 is 1.91 bits per heavy atom. The van der Waals surface area contributed by atoms with E-state index in [1.807, 2.05) is 32.9 Å². The number of nitrogens with one attached hydrogen (secondary N) is 2. The highest BCUT2D eigenvalue weighted by atomic mass is 16.3. The topological polar surface area (TPSA) is 102 Å². The van der Waals surface area contributed by atoms with Crippen LogP contribution in [-0.2, 0) is 5.60 Å². The first-order valence-electron chi connectivity index (χ1n) is 11.5. The molecule has 9 nitrogen and oxygen atoms in total. The van der Waals surface area contributed by atoms with E-state index in [2.05, 4.69) is 35.4 Å². The van der Waals surface area contributed by atoms with Crippen LogP contribution in [0.2, 0.25) is 0 Å². The minimum atomic E-state index is -1.08. The lowest BCUT2D eigenvalue weighted by atomic mass is 9.96. The molecule has 0 amide bonds. The highest BCUT2D eigenvalue weighted by Gasteiger charge is 2.27. The number of aliphatic imine (C=N–C) groups is 1. The minimum absolute atomic E-state index is 0.256. The molecule has 0 aromatic carbocycles. The van der Waals surface area contributed by atoms with Gasteiger partial charge in [0.15, 0.2) is 5.96 Å². The van der Waals surface area contributed by atoms with Gasteiger partial charge in [0.1, 0.15) is 17.1 Å². The van der Waals surface area contributed by atoms with Crippen LogP contribution in [0.1, 0.15) is 37.4 Å². The van der Waals surface area contributed by atoms with Crippen LogP contribution in [0.3, 0.4) is 0 Å². The van der Waals surface area contributed by atoms with Crippen LogP contribution < -0.4 is 15.5 Å². The van der Waals surface area contributed by atoms with Crippen LogP contribution in [0.5, 0.6) is 0 Å². The number of furan rings is 1. The summed E-state index contributed by atoms with van der Waals surface area (Å²) in [7, 11) is 0. The number of rotatable bonds is 9. The van der Waals surface area contributed by atoms with E-state index in [4.69, 9.17) is 4.42 Å². The lowest BCUT2D eigenvalue weighted by molar-refractivity contribution is 0.0657. The Balaban J connectivity index is 1.41. The number of hydrogen-bond acceptors (Lipinski definition) is 7. The Kier molecular flexibility index (Phi) is 8.46. The number of nitrogens with zero attached hydrogens (tertiary/aromatic N) is 5. The van der Waals surface area contributed by atoms with Gasteiger partial charge in [-0.15, -0.1) is 0 Å². The molecule has 9 heteroatoms. The van der Waals surface area contributed by atoms with Crippen LogP contribution in [0.4, 0.5) is 5.95 Å². The first kappa shape index (κ1) is 24.0. The molecule has 1 atom stereocenters. The van der Waals surface area contributed by atoms with Gasteiger partial charge >= 0.3 is 0 Å². The summed E-state index contributed by atoms with van der Waals surface area (Å²) >= 11 is 0. The Morgan fingerprint density at radius 1 is 1.19 bits per heavy atom. The maximum atomic E-state index is 10.9. The predicted octanol–water partition coefficient (Wildman–Crippen LogP) is 1.66. The van der Waals surface area contributed by atoms with Gasteiger partial charge in [0.2, 0.25) is 5.95 Å². The van der Waals surface area contributed by atoms with Gasteiger partial charge in [0.05, 0.1) is 6.54 Å². The molecule has 3 heterocycles. The molecule has 1 unspecified atom stereocenters. The molecule has 0 radical (unpaired) electrons. The van der Waals surface area contributed by atoms with Crippen LogP contribution in [0, 0.1) is 13.8 Å². The average Bonchev–Trinajstić information content (AvgIpc) is 3.15. The molecule has 32 heavy (non-hydrogen) atoms. The largest absolute Gasteiger partial charge is 0.466 e. The Bertz CT molecular complexity index is 858. The highest BCUT2D eigenvalue weighted by molar-refractivity contribution is 5.79. The monoisotopic (exact) mass is 443 g/mol. The predicted molar refractivity (Wildman–Crippen MR) is 127 cm³/mol. The second-order valence-electron chi connectivity index (χ2n) is 8.45. The van der Waals surface area contributed by atoms with Crippen molar-refractivity contribution in [3.8, 4) is 0 Å². The van der Waals surface area contributed by atoms with Crippen molar-refractivity contribution < 1.29 is 9.52 Å². The molecule has 0 saturated carbocycles. The SMILES string of the molecule is CCNC(=NCC(C)(O)c1cc(C)oc1C)NCCCN1CCN(c2ncccn2)CC1. The van der Waals surface area contributed by atoms with Crippen molar-refractivity contribution in [3.63, 3.8) is 0 Å². The standard InChI is InChI=1S/C23H37N7O2/c1-5-24-21(28-17-23(4,31)20-16-18(2)32-19(20)3)25-10-7-11-29-12-14-30(15-13-29)22-26-8-6-9-27-22/h6,8-9,16,31H,5,7,10-15,17H2,1-4H3,(H2,24,25,28). The molecular formula is C23H37N7O2. The van der Waals surface area contributed by atoms with Gasteiger partial charge in [0.25, 0.3) is 0 Å². The van der Waals surface area contributed by atoms with E-state index in [-0.39, 0.29) is 6.54 Å². The zero-order valence-corrected chi connectivity index (χ0v) is 19.8. The van der Waals surface area contributed by atoms with Crippen molar-refractivity contribution in [2.24, 2.45) is 4.99 Å². The summed E-state index contributed by atoms with van der Waals surface area (Å²) in [5, 5.41) is 17.5. The number of aliphatic hydroxyl groups is 1. The van der Waals surface area contributed by atoms with Crippen LogP contribution in [0.25, 0.3) is 0 Å². The maximum absolute atomic E-state index is 10.9. The summed E-state index contributed by atoms with van der Waals surface area (Å²) in [6.45, 7) is 14.4. The smallest absolute Gasteiger partial charge is 0.225 e. The second kappa shape index (κ2) is 11.3. The van der Waals surface area contributed by atoms with Gasteiger partial charge in [-0.2, -0.15) is 0 Å². The van der Waals surface area contributed by atoms with E-state index in [9.17, 15) is 5.11 Å². The number of piperazine rings is 1. The third kappa shape index (κ3) is 6.67. The molecule has 176 valence electrons. The fourth-order valence-electron chi connectivity index (χ4n) is 3.96. The molecule has 0 aliphatic carbocycles. The molecule has 3 rings (SSSR count). The van der Waals surface area contributed by atoms with Crippen molar-refractivity contribution in [2.75, 3.05) is 57.3 Å². The van der Waals surface area contributed by atoms with Gasteiger partial charge in [-0.3, -0.25) is 4.90 Å². The zero-order valence-electron chi connectivity index (χ0n) is 19.8. The van der Waals surface area contributed by atoms with E-state index in [0.717, 1.165) is 81.2 Å². The minimum Gasteiger partial charge on any atom is -0.466 e. The molecular weight excluding hydrogens is 406 g/mol. The normalized spacial score (nSPS) is 17.3. The molecule has 0 bridgehead atoms. The molecule has 2 aromatic rings. The lowest BCUT2D eigenvalue weighted by Crippen LogP contribution is -2.47. The number of anilines is 1. The van der Waals surface area contributed by atoms with E-state index < -0.39 is 5.60 Å². The molecule has 1 aliphatic rings. The van der Waals surface area contributed by atoms with Gasteiger partial charge in [-0.05, 0) is 52.8 Å². The summed E-state index contributed by atoms with van der Waals surface area (Å²) in [5.41, 5.74) is -0.290. The van der Waals surface area contributed by atoms with E-state index in [1.165, 1.54) is 0 Å². The average molecular weight is 444 g/mol. The molecule has 3 N–H and O–H groups in total. The van der Waals surface area contributed by atoms with Crippen molar-refractivity contribution >= 4 is 11.9 Å². The van der Waals surface area contributed by atoms with Crippen molar-refractivity contribution in [2.45, 2.75) is 39.7 Å². The summed E-state index contributed by atoms with van der Waals surface area (Å²) < 4.78 is 5.57. The third-order valence-electron chi connectivity index (χ3n) is 5.66. The van der Waals surface area contributed by atoms with Crippen molar-refractivity contribution in [3.05, 3.63) is 41.6 Å². The second-order valence-corrected chi connectivity index (χ2v) is 8.45. The van der Waals surface area contributed by atoms with Gasteiger partial charge in [-0.25, -0.2) is 15.0 Å². The van der Waals surface area contributed by atoms with Gasteiger partial charge in [0, 0.05) is 57.2 Å². The molecule has 2 aromatic heterocycles. The third-order valence-corrected chi connectivity index (χ3v) is 5.66. The van der Waals surface area contributed by atoms with Crippen molar-refractivity contribution in [1.29, 1.82) is 0 Å². The molecule has 1 saturated heterocycles. The Morgan fingerprint density at radius 3 is 2.53 bits per heavy atom. The van der Waals surface area contributed by atoms with E-state index >= 15 is 0 Å². The maximum Gasteiger partial charge on any atom is 0.225 e.